The molecule has 0 radical (unpaired) electrons. The molecule has 0 aliphatic heterocycles. The Kier molecular flexibility index (Phi) is 1.10. The molecule has 2 rings (SSSR count). The van der Waals surface area contributed by atoms with Gasteiger partial charge in [-0.2, -0.15) is 15.3 Å². The van der Waals surface area contributed by atoms with Crippen molar-refractivity contribution < 1.29 is 1.37 Å². The molecule has 0 aliphatic rings. The van der Waals surface area contributed by atoms with E-state index in [0.29, 0.717) is 5.82 Å². The van der Waals surface area contributed by atoms with Gasteiger partial charge in [-0.25, -0.2) is 0 Å². The minimum absolute atomic E-state index is 0.289. The van der Waals surface area contributed by atoms with E-state index < -0.39 is 0 Å². The van der Waals surface area contributed by atoms with Gasteiger partial charge in [-0.05, 0) is 12.1 Å². The van der Waals surface area contributed by atoms with Crippen molar-refractivity contribution in [3.05, 3.63) is 30.7 Å². The van der Waals surface area contributed by atoms with E-state index in [1.54, 1.807) is 0 Å². The topological polar surface area (TPSA) is 56.5 Å². The van der Waals surface area contributed by atoms with E-state index in [1.807, 2.05) is 0 Å². The van der Waals surface area contributed by atoms with Crippen LogP contribution in [-0.4, -0.2) is 25.2 Å². The summed E-state index contributed by atoms with van der Waals surface area (Å²) in [7, 11) is 0. The molecule has 0 atom stereocenters. The van der Waals surface area contributed by atoms with Crippen LogP contribution < -0.4 is 0 Å². The van der Waals surface area contributed by atoms with Crippen molar-refractivity contribution in [2.24, 2.45) is 0 Å². The van der Waals surface area contributed by atoms with Crippen LogP contribution in [0, 0.1) is 0 Å². The van der Waals surface area contributed by atoms with Gasteiger partial charge in [-0.1, -0.05) is 0 Å². The normalized spacial score (nSPS) is 11.1. The highest BCUT2D eigenvalue weighted by Gasteiger charge is 1.95. The lowest BCUT2D eigenvalue weighted by molar-refractivity contribution is 0.713. The van der Waals surface area contributed by atoms with Crippen LogP contribution in [0.1, 0.15) is 1.37 Å². The minimum Gasteiger partial charge on any atom is -0.157 e. The zero-order chi connectivity index (χ0) is 8.39. The molecule has 0 N–H and O–H groups in total. The van der Waals surface area contributed by atoms with Crippen molar-refractivity contribution in [1.82, 2.24) is 25.2 Å². The maximum absolute atomic E-state index is 7.27. The van der Waals surface area contributed by atoms with Crippen molar-refractivity contribution >= 4 is 0 Å². The Balaban J connectivity index is 2.48. The molecule has 0 saturated carbocycles. The fourth-order valence-corrected chi connectivity index (χ4v) is 0.694. The molecule has 0 aliphatic carbocycles. The second-order valence-electron chi connectivity index (χ2n) is 1.83. The second kappa shape index (κ2) is 2.45. The summed E-state index contributed by atoms with van der Waals surface area (Å²) in [4.78, 5) is 1.31. The van der Waals surface area contributed by atoms with Crippen LogP contribution in [0.25, 0.3) is 5.82 Å². The van der Waals surface area contributed by atoms with Gasteiger partial charge >= 0.3 is 0 Å². The lowest BCUT2D eigenvalue weighted by Gasteiger charge is -1.93. The fourth-order valence-electron chi connectivity index (χ4n) is 0.694. The van der Waals surface area contributed by atoms with Gasteiger partial charge in [0.25, 0.3) is 0 Å². The van der Waals surface area contributed by atoms with Gasteiger partial charge in [0.2, 0.25) is 0 Å². The SMILES string of the molecule is [2H]c1cnnc(-n2nccn2)c1. The fraction of sp³-hybridized carbons (Fsp3) is 0. The summed E-state index contributed by atoms with van der Waals surface area (Å²) >= 11 is 0. The summed E-state index contributed by atoms with van der Waals surface area (Å²) in [5.41, 5.74) is 0. The molecule has 0 unspecified atom stereocenters. The van der Waals surface area contributed by atoms with Gasteiger partial charge in [0.15, 0.2) is 5.82 Å². The molecule has 11 heavy (non-hydrogen) atoms. The molecule has 2 heterocycles. The summed E-state index contributed by atoms with van der Waals surface area (Å²) in [5.74, 6) is 0.451. The first-order valence-electron chi connectivity index (χ1n) is 3.52. The van der Waals surface area contributed by atoms with E-state index in [9.17, 15) is 0 Å². The average Bonchev–Trinajstić information content (AvgIpc) is 2.56. The zero-order valence-corrected chi connectivity index (χ0v) is 5.55. The molecule has 0 saturated heterocycles. The molecule has 0 amide bonds. The summed E-state index contributed by atoms with van der Waals surface area (Å²) in [6.07, 6.45) is 4.43. The smallest absolute Gasteiger partial charge is 0.157 e. The van der Waals surface area contributed by atoms with Gasteiger partial charge in [0, 0.05) is 6.20 Å². The molecule has 2 aromatic rings. The Morgan fingerprint density at radius 3 is 2.82 bits per heavy atom. The van der Waals surface area contributed by atoms with Crippen LogP contribution in [0.15, 0.2) is 30.7 Å². The van der Waals surface area contributed by atoms with Crippen molar-refractivity contribution in [3.8, 4) is 5.82 Å². The van der Waals surface area contributed by atoms with Crippen LogP contribution in [0.5, 0.6) is 0 Å². The standard InChI is InChI=1S/C6H5N5/c1-2-6(10-7-3-1)11-8-4-5-9-11/h1-5H/i1D. The van der Waals surface area contributed by atoms with Crippen LogP contribution in [-0.2, 0) is 0 Å². The van der Waals surface area contributed by atoms with Crippen molar-refractivity contribution in [3.63, 3.8) is 0 Å². The first-order valence-corrected chi connectivity index (χ1v) is 3.02. The van der Waals surface area contributed by atoms with Crippen LogP contribution in [0.2, 0.25) is 0 Å². The predicted molar refractivity (Wildman–Crippen MR) is 36.9 cm³/mol. The van der Waals surface area contributed by atoms with E-state index in [1.165, 1.54) is 29.5 Å². The van der Waals surface area contributed by atoms with Crippen molar-refractivity contribution in [1.29, 1.82) is 0 Å². The van der Waals surface area contributed by atoms with E-state index in [4.69, 9.17) is 1.37 Å². The first kappa shape index (κ1) is 4.95. The summed E-state index contributed by atoms with van der Waals surface area (Å²) < 4.78 is 7.27. The number of hydrogen-bond donors (Lipinski definition) is 0. The molecule has 2 aromatic heterocycles. The molecule has 54 valence electrons. The number of aromatic nitrogens is 5. The maximum atomic E-state index is 7.27. The van der Waals surface area contributed by atoms with Gasteiger partial charge in [0.05, 0.1) is 13.8 Å². The molecule has 5 heteroatoms. The van der Waals surface area contributed by atoms with Gasteiger partial charge in [0.1, 0.15) is 0 Å². The zero-order valence-electron chi connectivity index (χ0n) is 6.55. The van der Waals surface area contributed by atoms with Crippen molar-refractivity contribution in [2.45, 2.75) is 0 Å². The van der Waals surface area contributed by atoms with Crippen LogP contribution in [0.3, 0.4) is 0 Å². The highest BCUT2D eigenvalue weighted by Crippen LogP contribution is 1.94. The lowest BCUT2D eigenvalue weighted by Crippen LogP contribution is -2.01. The lowest BCUT2D eigenvalue weighted by atomic mass is 10.5. The molecule has 0 spiro atoms. The Labute approximate surface area is 64.1 Å². The minimum atomic E-state index is 0.289. The molecular formula is C6H5N5. The van der Waals surface area contributed by atoms with Crippen LogP contribution in [0.4, 0.5) is 0 Å². The molecule has 0 aromatic carbocycles. The predicted octanol–water partition coefficient (Wildman–Crippen LogP) is 0.0573. The summed E-state index contributed by atoms with van der Waals surface area (Å²) in [6.45, 7) is 0. The van der Waals surface area contributed by atoms with Gasteiger partial charge in [-0.15, -0.1) is 9.90 Å². The highest BCUT2D eigenvalue weighted by molar-refractivity contribution is 5.13. The second-order valence-corrected chi connectivity index (χ2v) is 1.83. The third kappa shape index (κ3) is 1.07. The first-order chi connectivity index (χ1) is 5.86. The van der Waals surface area contributed by atoms with E-state index in [2.05, 4.69) is 20.4 Å². The van der Waals surface area contributed by atoms with Gasteiger partial charge in [-0.3, -0.25) is 0 Å². The van der Waals surface area contributed by atoms with Crippen molar-refractivity contribution in [2.75, 3.05) is 0 Å². The summed E-state index contributed by atoms with van der Waals surface area (Å²) in [6, 6.07) is 1.82. The Hall–Kier alpha value is -1.78. The van der Waals surface area contributed by atoms with Crippen LogP contribution >= 0.6 is 0 Å². The van der Waals surface area contributed by atoms with E-state index in [0.717, 1.165) is 0 Å². The Morgan fingerprint density at radius 2 is 2.09 bits per heavy atom. The number of rotatable bonds is 1. The van der Waals surface area contributed by atoms with E-state index in [-0.39, 0.29) is 6.04 Å². The monoisotopic (exact) mass is 148 g/mol. The third-order valence-corrected chi connectivity index (χ3v) is 1.13. The molecular weight excluding hydrogens is 142 g/mol. The molecule has 0 fully saturated rings. The largest absolute Gasteiger partial charge is 0.196 e. The Bertz CT molecular complexity index is 371. The highest BCUT2D eigenvalue weighted by atomic mass is 15.5. The molecule has 5 nitrogen and oxygen atoms in total. The summed E-state index contributed by atoms with van der Waals surface area (Å²) in [5, 5.41) is 15.0. The van der Waals surface area contributed by atoms with E-state index >= 15 is 0 Å². The molecule has 0 bridgehead atoms. The Morgan fingerprint density at radius 1 is 1.27 bits per heavy atom. The average molecular weight is 148 g/mol. The number of nitrogens with zero attached hydrogens (tertiary/aromatic N) is 5. The van der Waals surface area contributed by atoms with Gasteiger partial charge < -0.3 is 0 Å². The number of hydrogen-bond acceptors (Lipinski definition) is 4. The maximum Gasteiger partial charge on any atom is 0.196 e. The quantitative estimate of drug-likeness (QED) is 0.573. The third-order valence-electron chi connectivity index (χ3n) is 1.13.